The number of nitro benzene ring substituents is 1. The monoisotopic (exact) mass is 294 g/mol. The zero-order chi connectivity index (χ0) is 14.5. The Morgan fingerprint density at radius 3 is 2.95 bits per heavy atom. The van der Waals surface area contributed by atoms with E-state index in [1.54, 1.807) is 12.1 Å². The zero-order valence-corrected chi connectivity index (χ0v) is 12.9. The molecule has 5 heteroatoms. The van der Waals surface area contributed by atoms with E-state index in [1.165, 1.54) is 25.7 Å². The molecule has 0 aliphatic heterocycles. The highest BCUT2D eigenvalue weighted by Crippen LogP contribution is 2.27. The van der Waals surface area contributed by atoms with Crippen molar-refractivity contribution in [3.63, 3.8) is 0 Å². The van der Waals surface area contributed by atoms with Crippen molar-refractivity contribution >= 4 is 17.4 Å². The van der Waals surface area contributed by atoms with Crippen LogP contribution in [0.3, 0.4) is 0 Å². The van der Waals surface area contributed by atoms with Crippen LogP contribution in [0, 0.1) is 17.0 Å². The Balaban J connectivity index is 1.97. The summed E-state index contributed by atoms with van der Waals surface area (Å²) in [6, 6.07) is 5.86. The van der Waals surface area contributed by atoms with Crippen LogP contribution in [-0.4, -0.2) is 22.5 Å². The summed E-state index contributed by atoms with van der Waals surface area (Å²) in [6.45, 7) is 2.56. The average Bonchev–Trinajstić information content (AvgIpc) is 2.46. The van der Waals surface area contributed by atoms with Gasteiger partial charge in [0.15, 0.2) is 0 Å². The smallest absolute Gasteiger partial charge is 0.272 e. The number of hydrogen-bond donors (Lipinski definition) is 1. The molecule has 20 heavy (non-hydrogen) atoms. The molecule has 1 aliphatic rings. The summed E-state index contributed by atoms with van der Waals surface area (Å²) < 4.78 is 0. The molecule has 1 aromatic rings. The molecule has 0 bridgehead atoms. The fourth-order valence-electron chi connectivity index (χ4n) is 2.86. The maximum absolute atomic E-state index is 10.9. The van der Waals surface area contributed by atoms with Gasteiger partial charge in [0.25, 0.3) is 5.69 Å². The molecule has 0 aromatic heterocycles. The third-order valence-electron chi connectivity index (χ3n) is 4.15. The van der Waals surface area contributed by atoms with Crippen LogP contribution in [0.5, 0.6) is 0 Å². The number of hydrogen-bond acceptors (Lipinski definition) is 4. The molecule has 4 nitrogen and oxygen atoms in total. The van der Waals surface area contributed by atoms with Crippen molar-refractivity contribution in [2.24, 2.45) is 0 Å². The van der Waals surface area contributed by atoms with Crippen molar-refractivity contribution in [2.75, 3.05) is 6.26 Å². The number of rotatable bonds is 5. The highest BCUT2D eigenvalue weighted by Gasteiger charge is 2.21. The van der Waals surface area contributed by atoms with Gasteiger partial charge in [-0.05, 0) is 38.0 Å². The molecule has 1 aliphatic carbocycles. The van der Waals surface area contributed by atoms with Crippen molar-refractivity contribution in [2.45, 2.75) is 50.4 Å². The lowest BCUT2D eigenvalue weighted by Crippen LogP contribution is -2.34. The lowest BCUT2D eigenvalue weighted by Gasteiger charge is -2.29. The van der Waals surface area contributed by atoms with E-state index in [9.17, 15) is 10.1 Å². The minimum atomic E-state index is -0.302. The summed E-state index contributed by atoms with van der Waals surface area (Å²) in [5.74, 6) is 0. The Hall–Kier alpha value is -1.07. The first kappa shape index (κ1) is 15.3. The van der Waals surface area contributed by atoms with E-state index in [4.69, 9.17) is 0 Å². The lowest BCUT2D eigenvalue weighted by atomic mass is 9.94. The first-order valence-corrected chi connectivity index (χ1v) is 8.39. The second-order valence-corrected chi connectivity index (χ2v) is 6.56. The summed E-state index contributed by atoms with van der Waals surface area (Å²) in [5, 5.41) is 15.3. The van der Waals surface area contributed by atoms with E-state index >= 15 is 0 Å². The molecule has 0 amide bonds. The maximum Gasteiger partial charge on any atom is 0.272 e. The van der Waals surface area contributed by atoms with Crippen molar-refractivity contribution in [1.29, 1.82) is 0 Å². The van der Waals surface area contributed by atoms with Gasteiger partial charge in [-0.15, -0.1) is 0 Å². The van der Waals surface area contributed by atoms with E-state index in [-0.39, 0.29) is 10.6 Å². The minimum Gasteiger partial charge on any atom is -0.310 e. The number of nitrogens with zero attached hydrogens (tertiary/aromatic N) is 1. The Morgan fingerprint density at radius 2 is 2.25 bits per heavy atom. The van der Waals surface area contributed by atoms with E-state index in [2.05, 4.69) is 11.6 Å². The largest absolute Gasteiger partial charge is 0.310 e. The molecule has 110 valence electrons. The highest BCUT2D eigenvalue weighted by molar-refractivity contribution is 7.99. The lowest BCUT2D eigenvalue weighted by molar-refractivity contribution is -0.385. The second-order valence-electron chi connectivity index (χ2n) is 5.42. The van der Waals surface area contributed by atoms with Crippen LogP contribution in [0.2, 0.25) is 0 Å². The Morgan fingerprint density at radius 1 is 1.45 bits per heavy atom. The van der Waals surface area contributed by atoms with Gasteiger partial charge in [-0.25, -0.2) is 0 Å². The van der Waals surface area contributed by atoms with Crippen LogP contribution in [-0.2, 0) is 6.54 Å². The molecule has 1 aromatic carbocycles. The van der Waals surface area contributed by atoms with Crippen LogP contribution in [0.15, 0.2) is 18.2 Å². The number of nitro groups is 1. The standard InChI is InChI=1S/C15H22N2O2S/c1-11-12(5-3-8-15(11)17(18)19)10-16-13-6-4-7-14(9-13)20-2/h3,5,8,13-14,16H,4,6-7,9-10H2,1-2H3. The van der Waals surface area contributed by atoms with Gasteiger partial charge >= 0.3 is 0 Å². The summed E-state index contributed by atoms with van der Waals surface area (Å²) in [6.07, 6.45) is 7.18. The quantitative estimate of drug-likeness (QED) is 0.665. The van der Waals surface area contributed by atoms with Gasteiger partial charge in [0, 0.05) is 29.5 Å². The molecular weight excluding hydrogens is 272 g/mol. The normalized spacial score (nSPS) is 22.7. The molecule has 2 rings (SSSR count). The van der Waals surface area contributed by atoms with Crippen molar-refractivity contribution in [1.82, 2.24) is 5.32 Å². The van der Waals surface area contributed by atoms with Crippen LogP contribution >= 0.6 is 11.8 Å². The third-order valence-corrected chi connectivity index (χ3v) is 5.25. The molecular formula is C15H22N2O2S. The Kier molecular flexibility index (Phi) is 5.43. The zero-order valence-electron chi connectivity index (χ0n) is 12.1. The van der Waals surface area contributed by atoms with Crippen molar-refractivity contribution in [3.05, 3.63) is 39.4 Å². The molecule has 1 fully saturated rings. The summed E-state index contributed by atoms with van der Waals surface area (Å²) in [4.78, 5) is 10.6. The number of nitrogens with one attached hydrogen (secondary N) is 1. The van der Waals surface area contributed by atoms with Crippen LogP contribution in [0.4, 0.5) is 5.69 Å². The maximum atomic E-state index is 10.9. The van der Waals surface area contributed by atoms with Gasteiger partial charge in [0.1, 0.15) is 0 Å². The summed E-state index contributed by atoms with van der Waals surface area (Å²) in [5.41, 5.74) is 2.03. The topological polar surface area (TPSA) is 55.2 Å². The molecule has 0 saturated heterocycles. The van der Waals surface area contributed by atoms with Gasteiger partial charge in [-0.3, -0.25) is 10.1 Å². The first-order chi connectivity index (χ1) is 9.61. The fourth-order valence-corrected chi connectivity index (χ4v) is 3.69. The molecule has 0 heterocycles. The van der Waals surface area contributed by atoms with Gasteiger partial charge in [0.05, 0.1) is 4.92 Å². The number of benzene rings is 1. The molecule has 2 atom stereocenters. The number of thioether (sulfide) groups is 1. The summed E-state index contributed by atoms with van der Waals surface area (Å²) >= 11 is 1.95. The van der Waals surface area contributed by atoms with E-state index in [1.807, 2.05) is 24.8 Å². The average molecular weight is 294 g/mol. The minimum absolute atomic E-state index is 0.218. The molecule has 1 N–H and O–H groups in total. The summed E-state index contributed by atoms with van der Waals surface area (Å²) in [7, 11) is 0. The van der Waals surface area contributed by atoms with Crippen LogP contribution in [0.25, 0.3) is 0 Å². The van der Waals surface area contributed by atoms with Gasteiger partial charge in [-0.2, -0.15) is 11.8 Å². The van der Waals surface area contributed by atoms with Crippen LogP contribution < -0.4 is 5.32 Å². The SMILES string of the molecule is CSC1CCCC(NCc2cccc([N+](=O)[O-])c2C)C1. The Bertz CT molecular complexity index is 479. The fraction of sp³-hybridized carbons (Fsp3) is 0.600. The van der Waals surface area contributed by atoms with E-state index in [0.29, 0.717) is 6.04 Å². The Labute approximate surface area is 124 Å². The predicted octanol–water partition coefficient (Wildman–Crippen LogP) is 3.67. The predicted molar refractivity (Wildman–Crippen MR) is 84.2 cm³/mol. The van der Waals surface area contributed by atoms with Crippen molar-refractivity contribution < 1.29 is 4.92 Å². The third kappa shape index (κ3) is 3.73. The van der Waals surface area contributed by atoms with Crippen LogP contribution in [0.1, 0.15) is 36.8 Å². The molecule has 2 unspecified atom stereocenters. The van der Waals surface area contributed by atoms with Crippen molar-refractivity contribution in [3.8, 4) is 0 Å². The highest BCUT2D eigenvalue weighted by atomic mass is 32.2. The van der Waals surface area contributed by atoms with Gasteiger partial charge in [-0.1, -0.05) is 18.6 Å². The molecule has 0 radical (unpaired) electrons. The second kappa shape index (κ2) is 7.09. The van der Waals surface area contributed by atoms with E-state index < -0.39 is 0 Å². The molecule has 1 saturated carbocycles. The van der Waals surface area contributed by atoms with E-state index in [0.717, 1.165) is 22.9 Å². The first-order valence-electron chi connectivity index (χ1n) is 7.11. The molecule has 0 spiro atoms. The van der Waals surface area contributed by atoms with Gasteiger partial charge in [0.2, 0.25) is 0 Å². The van der Waals surface area contributed by atoms with Gasteiger partial charge < -0.3 is 5.32 Å².